The number of halogens is 2. The van der Waals surface area contributed by atoms with Crippen molar-refractivity contribution in [1.29, 1.82) is 0 Å². The minimum absolute atomic E-state index is 0.0399. The molecule has 0 saturated carbocycles. The fourth-order valence-corrected chi connectivity index (χ4v) is 4.03. The van der Waals surface area contributed by atoms with E-state index >= 15 is 0 Å². The average Bonchev–Trinajstić information content (AvgIpc) is 3.35. The minimum atomic E-state index is -2.88. The third-order valence-electron chi connectivity index (χ3n) is 6.28. The maximum absolute atomic E-state index is 12.7. The van der Waals surface area contributed by atoms with Gasteiger partial charge in [0.1, 0.15) is 5.75 Å². The van der Waals surface area contributed by atoms with Gasteiger partial charge in [0.25, 0.3) is 0 Å². The van der Waals surface area contributed by atoms with Crippen molar-refractivity contribution in [2.75, 3.05) is 31.5 Å². The normalized spacial score (nSPS) is 16.7. The number of carbonyl (C=O) groups is 1. The number of amides is 1. The van der Waals surface area contributed by atoms with E-state index in [0.29, 0.717) is 30.5 Å². The predicted molar refractivity (Wildman–Crippen MR) is 127 cm³/mol. The smallest absolute Gasteiger partial charge is 0.387 e. The van der Waals surface area contributed by atoms with Gasteiger partial charge in [0.2, 0.25) is 17.6 Å². The van der Waals surface area contributed by atoms with Crippen molar-refractivity contribution in [3.8, 4) is 17.1 Å². The van der Waals surface area contributed by atoms with Gasteiger partial charge in [-0.2, -0.15) is 13.8 Å². The van der Waals surface area contributed by atoms with Crippen molar-refractivity contribution >= 4 is 11.6 Å². The van der Waals surface area contributed by atoms with Gasteiger partial charge in [-0.3, -0.25) is 14.6 Å². The van der Waals surface area contributed by atoms with Crippen molar-refractivity contribution in [2.45, 2.75) is 39.5 Å². The SMILES string of the molecule is Cc1ccc(-c2noc(C(C)N3CCN(C(C)C(=O)Nc4ccc(OC(F)F)cc4)CC3)n2)cc1. The first kappa shape index (κ1) is 24.7. The molecule has 1 saturated heterocycles. The van der Waals surface area contributed by atoms with Gasteiger partial charge in [-0.15, -0.1) is 0 Å². The van der Waals surface area contributed by atoms with E-state index in [4.69, 9.17) is 4.52 Å². The highest BCUT2D eigenvalue weighted by atomic mass is 19.3. The first-order chi connectivity index (χ1) is 16.8. The molecule has 2 heterocycles. The molecule has 186 valence electrons. The molecule has 2 atom stereocenters. The number of hydrogen-bond acceptors (Lipinski definition) is 7. The predicted octanol–water partition coefficient (Wildman–Crippen LogP) is 4.35. The maximum atomic E-state index is 12.7. The lowest BCUT2D eigenvalue weighted by Crippen LogP contribution is -2.53. The van der Waals surface area contributed by atoms with E-state index in [0.717, 1.165) is 18.7 Å². The summed E-state index contributed by atoms with van der Waals surface area (Å²) in [7, 11) is 0. The van der Waals surface area contributed by atoms with Crippen LogP contribution in [0.4, 0.5) is 14.5 Å². The molecule has 0 bridgehead atoms. The van der Waals surface area contributed by atoms with E-state index < -0.39 is 6.61 Å². The Labute approximate surface area is 202 Å². The Bertz CT molecular complexity index is 1110. The minimum Gasteiger partial charge on any atom is -0.435 e. The molecule has 1 aliphatic rings. The molecule has 2 unspecified atom stereocenters. The summed E-state index contributed by atoms with van der Waals surface area (Å²) in [5, 5.41) is 6.97. The van der Waals surface area contributed by atoms with Crippen LogP contribution < -0.4 is 10.1 Å². The van der Waals surface area contributed by atoms with Gasteiger partial charge in [0.15, 0.2) is 0 Å². The topological polar surface area (TPSA) is 83.7 Å². The molecule has 10 heteroatoms. The van der Waals surface area contributed by atoms with Crippen LogP contribution in [0.2, 0.25) is 0 Å². The molecule has 0 aliphatic carbocycles. The number of aryl methyl sites for hydroxylation is 1. The highest BCUT2D eigenvalue weighted by molar-refractivity contribution is 5.94. The summed E-state index contributed by atoms with van der Waals surface area (Å²) in [5.41, 5.74) is 2.61. The number of carbonyl (C=O) groups excluding carboxylic acids is 1. The van der Waals surface area contributed by atoms with Crippen molar-refractivity contribution in [2.24, 2.45) is 0 Å². The van der Waals surface area contributed by atoms with Crippen LogP contribution in [-0.4, -0.2) is 64.7 Å². The molecule has 1 aromatic heterocycles. The number of alkyl halides is 2. The fraction of sp³-hybridized carbons (Fsp3) is 0.400. The molecule has 2 aromatic carbocycles. The summed E-state index contributed by atoms with van der Waals surface area (Å²) in [6.07, 6.45) is 0. The molecule has 0 radical (unpaired) electrons. The van der Waals surface area contributed by atoms with E-state index in [1.54, 1.807) is 0 Å². The maximum Gasteiger partial charge on any atom is 0.387 e. The van der Waals surface area contributed by atoms with Gasteiger partial charge in [-0.1, -0.05) is 35.0 Å². The molecule has 0 spiro atoms. The summed E-state index contributed by atoms with van der Waals surface area (Å²) in [4.78, 5) is 21.7. The molecule has 1 amide bonds. The molecule has 1 fully saturated rings. The van der Waals surface area contributed by atoms with Crippen molar-refractivity contribution in [3.63, 3.8) is 0 Å². The van der Waals surface area contributed by atoms with Crippen LogP contribution in [0.15, 0.2) is 53.1 Å². The molecule has 1 aliphatic heterocycles. The second kappa shape index (κ2) is 10.9. The second-order valence-corrected chi connectivity index (χ2v) is 8.64. The standard InChI is InChI=1S/C25H29F2N5O3/c1-16-4-6-19(7-5-16)22-29-24(35-30-22)18(3)32-14-12-31(13-15-32)17(2)23(33)28-20-8-10-21(11-9-20)34-25(26)27/h4-11,17-18,25H,12-15H2,1-3H3,(H,28,33). The lowest BCUT2D eigenvalue weighted by atomic mass is 10.1. The number of piperazine rings is 1. The Balaban J connectivity index is 1.28. The summed E-state index contributed by atoms with van der Waals surface area (Å²) >= 11 is 0. The van der Waals surface area contributed by atoms with Gasteiger partial charge >= 0.3 is 6.61 Å². The summed E-state index contributed by atoms with van der Waals surface area (Å²) in [6, 6.07) is 13.5. The van der Waals surface area contributed by atoms with E-state index in [-0.39, 0.29) is 23.7 Å². The van der Waals surface area contributed by atoms with Crippen molar-refractivity contribution < 1.29 is 22.8 Å². The van der Waals surface area contributed by atoms with E-state index in [1.165, 1.54) is 29.8 Å². The molecule has 1 N–H and O–H groups in total. The van der Waals surface area contributed by atoms with Crippen LogP contribution >= 0.6 is 0 Å². The number of aromatic nitrogens is 2. The quantitative estimate of drug-likeness (QED) is 0.508. The van der Waals surface area contributed by atoms with Gasteiger partial charge in [0.05, 0.1) is 12.1 Å². The highest BCUT2D eigenvalue weighted by Gasteiger charge is 2.30. The summed E-state index contributed by atoms with van der Waals surface area (Å²) in [5.74, 6) is 1.03. The largest absolute Gasteiger partial charge is 0.435 e. The third-order valence-corrected chi connectivity index (χ3v) is 6.28. The number of rotatable bonds is 8. The molecule has 4 rings (SSSR count). The van der Waals surface area contributed by atoms with Crippen molar-refractivity contribution in [1.82, 2.24) is 19.9 Å². The highest BCUT2D eigenvalue weighted by Crippen LogP contribution is 2.24. The van der Waals surface area contributed by atoms with E-state index in [1.807, 2.05) is 45.0 Å². The Morgan fingerprint density at radius 1 is 1.00 bits per heavy atom. The molecular weight excluding hydrogens is 456 g/mol. The van der Waals surface area contributed by atoms with Crippen molar-refractivity contribution in [3.05, 3.63) is 60.0 Å². The Morgan fingerprint density at radius 3 is 2.26 bits per heavy atom. The zero-order valence-electron chi connectivity index (χ0n) is 19.9. The number of nitrogens with zero attached hydrogens (tertiary/aromatic N) is 4. The molecule has 8 nitrogen and oxygen atoms in total. The van der Waals surface area contributed by atoms with Gasteiger partial charge in [-0.25, -0.2) is 0 Å². The zero-order chi connectivity index (χ0) is 24.9. The first-order valence-electron chi connectivity index (χ1n) is 11.5. The Morgan fingerprint density at radius 2 is 1.63 bits per heavy atom. The lowest BCUT2D eigenvalue weighted by Gasteiger charge is -2.39. The molecule has 35 heavy (non-hydrogen) atoms. The third kappa shape index (κ3) is 6.20. The van der Waals surface area contributed by atoms with Crippen LogP contribution in [-0.2, 0) is 4.79 Å². The average molecular weight is 486 g/mol. The Kier molecular flexibility index (Phi) is 7.72. The lowest BCUT2D eigenvalue weighted by molar-refractivity contribution is -0.121. The van der Waals surface area contributed by atoms with Gasteiger partial charge < -0.3 is 14.6 Å². The summed E-state index contributed by atoms with van der Waals surface area (Å²) < 4.78 is 34.4. The van der Waals surface area contributed by atoms with Gasteiger partial charge in [0, 0.05) is 37.4 Å². The number of hydrogen-bond donors (Lipinski definition) is 1. The first-order valence-corrected chi connectivity index (χ1v) is 11.5. The van der Waals surface area contributed by atoms with Crippen LogP contribution in [0.25, 0.3) is 11.4 Å². The number of benzene rings is 2. The second-order valence-electron chi connectivity index (χ2n) is 8.64. The molecule has 3 aromatic rings. The molecular formula is C25H29F2N5O3. The summed E-state index contributed by atoms with van der Waals surface area (Å²) in [6.45, 7) is 5.96. The monoisotopic (exact) mass is 485 g/mol. The number of nitrogens with one attached hydrogen (secondary N) is 1. The Hall–Kier alpha value is -3.37. The van der Waals surface area contributed by atoms with E-state index in [2.05, 4.69) is 30.0 Å². The van der Waals surface area contributed by atoms with Crippen LogP contribution in [0.5, 0.6) is 5.75 Å². The van der Waals surface area contributed by atoms with Crippen LogP contribution in [0, 0.1) is 6.92 Å². The van der Waals surface area contributed by atoms with Gasteiger partial charge in [-0.05, 0) is 45.0 Å². The number of anilines is 1. The number of ether oxygens (including phenoxy) is 1. The fourth-order valence-electron chi connectivity index (χ4n) is 4.03. The van der Waals surface area contributed by atoms with Crippen LogP contribution in [0.3, 0.4) is 0 Å². The zero-order valence-corrected chi connectivity index (χ0v) is 19.9. The van der Waals surface area contributed by atoms with Crippen LogP contribution in [0.1, 0.15) is 31.3 Å². The van der Waals surface area contributed by atoms with E-state index in [9.17, 15) is 13.6 Å².